The van der Waals surface area contributed by atoms with E-state index >= 15 is 0 Å². The number of ether oxygens (including phenoxy) is 2. The lowest BCUT2D eigenvalue weighted by Crippen LogP contribution is -2.38. The number of carbonyl (C=O) groups excluding carboxylic acids is 1. The summed E-state index contributed by atoms with van der Waals surface area (Å²) in [6.07, 6.45) is -0.732. The molecule has 2 heterocycles. The predicted molar refractivity (Wildman–Crippen MR) is 127 cm³/mol. The summed E-state index contributed by atoms with van der Waals surface area (Å²) < 4.78 is 34.3. The number of H-pyrrole nitrogens is 1. The summed E-state index contributed by atoms with van der Waals surface area (Å²) in [7, 11) is -0.342. The zero-order valence-corrected chi connectivity index (χ0v) is 22.0. The zero-order valence-electron chi connectivity index (χ0n) is 22.1. The normalized spacial score (nSPS) is 23.9. The molecular formula is C22H38N3O8P. The van der Waals surface area contributed by atoms with E-state index in [1.165, 1.54) is 17.9 Å². The van der Waals surface area contributed by atoms with E-state index in [1.54, 1.807) is 20.8 Å². The molecule has 0 radical (unpaired) electrons. The van der Waals surface area contributed by atoms with Crippen molar-refractivity contribution in [3.8, 4) is 0 Å². The molecule has 1 aliphatic rings. The largest absolute Gasteiger partial charge is 0.469 e. The number of aliphatic hydroxyl groups is 1. The molecule has 0 amide bonds. The molecule has 1 aliphatic heterocycles. The molecule has 0 aromatic carbocycles. The number of aromatic nitrogens is 2. The van der Waals surface area contributed by atoms with E-state index in [0.29, 0.717) is 5.56 Å². The smallest absolute Gasteiger partial charge is 0.330 e. The quantitative estimate of drug-likeness (QED) is 0.324. The molecule has 194 valence electrons. The second-order valence-corrected chi connectivity index (χ2v) is 10.4. The van der Waals surface area contributed by atoms with Crippen molar-refractivity contribution in [1.82, 2.24) is 14.2 Å². The number of nitrogens with zero attached hydrogens (tertiary/aromatic N) is 2. The fourth-order valence-corrected chi connectivity index (χ4v) is 5.71. The third-order valence-electron chi connectivity index (χ3n) is 5.81. The molecule has 0 aliphatic carbocycles. The number of aliphatic hydroxyl groups excluding tert-OH is 1. The van der Waals surface area contributed by atoms with E-state index in [1.807, 2.05) is 27.7 Å². The summed E-state index contributed by atoms with van der Waals surface area (Å²) in [5, 5.41) is 4.61. The van der Waals surface area contributed by atoms with Gasteiger partial charge in [-0.15, -0.1) is 0 Å². The highest BCUT2D eigenvalue weighted by Crippen LogP contribution is 2.51. The molecule has 11 nitrogen and oxygen atoms in total. The number of aromatic amines is 1. The molecule has 1 fully saturated rings. The minimum atomic E-state index is -1.68. The van der Waals surface area contributed by atoms with Gasteiger partial charge in [0.1, 0.15) is 12.3 Å². The zero-order chi connectivity index (χ0) is 26.4. The van der Waals surface area contributed by atoms with Crippen LogP contribution in [0.15, 0.2) is 15.8 Å². The maximum Gasteiger partial charge on any atom is 0.330 e. The molecule has 0 spiro atoms. The number of hydrogen-bond donors (Lipinski definition) is 2. The van der Waals surface area contributed by atoms with E-state index in [9.17, 15) is 14.4 Å². The van der Waals surface area contributed by atoms with Gasteiger partial charge in [-0.1, -0.05) is 0 Å². The molecule has 0 bridgehead atoms. The van der Waals surface area contributed by atoms with E-state index in [2.05, 4.69) is 14.8 Å². The highest BCUT2D eigenvalue weighted by Gasteiger charge is 2.42. The predicted octanol–water partition coefficient (Wildman–Crippen LogP) is 2.07. The Kier molecular flexibility index (Phi) is 9.82. The van der Waals surface area contributed by atoms with Crippen LogP contribution < -0.4 is 11.2 Å². The van der Waals surface area contributed by atoms with Crippen molar-refractivity contribution in [3.05, 3.63) is 32.6 Å². The van der Waals surface area contributed by atoms with Crippen LogP contribution in [0.2, 0.25) is 0 Å². The molecule has 1 saturated heterocycles. The number of hydrogen-bond acceptors (Lipinski definition) is 9. The van der Waals surface area contributed by atoms with Gasteiger partial charge in [0.25, 0.3) is 14.1 Å². The Hall–Kier alpha value is -1.62. The van der Waals surface area contributed by atoms with Gasteiger partial charge in [0, 0.05) is 30.3 Å². The van der Waals surface area contributed by atoms with Crippen molar-refractivity contribution in [2.75, 3.05) is 13.7 Å². The number of aryl methyl sites for hydroxylation is 1. The summed E-state index contributed by atoms with van der Waals surface area (Å²) in [5.74, 6) is -0.900. The van der Waals surface area contributed by atoms with Crippen LogP contribution in [0.25, 0.3) is 0 Å². The Labute approximate surface area is 202 Å². The van der Waals surface area contributed by atoms with Crippen molar-refractivity contribution in [2.24, 2.45) is 5.92 Å². The number of carbonyl (C=O) groups is 1. The van der Waals surface area contributed by atoms with E-state index < -0.39 is 50.2 Å². The third-order valence-corrected chi connectivity index (χ3v) is 8.07. The van der Waals surface area contributed by atoms with Gasteiger partial charge in [0.05, 0.1) is 31.8 Å². The number of esters is 1. The fraction of sp³-hybridized carbons (Fsp3) is 0.773. The molecule has 1 aromatic heterocycles. The van der Waals surface area contributed by atoms with Crippen LogP contribution in [0.4, 0.5) is 0 Å². The first-order chi connectivity index (χ1) is 16.4. The number of rotatable bonds is 12. The molecule has 12 heteroatoms. The van der Waals surface area contributed by atoms with Gasteiger partial charge >= 0.3 is 11.7 Å². The van der Waals surface area contributed by atoms with E-state index in [0.717, 1.165) is 0 Å². The molecule has 2 N–H and O–H groups in total. The average Bonchev–Trinajstić information content (AvgIpc) is 3.16. The highest BCUT2D eigenvalue weighted by atomic mass is 31.2. The van der Waals surface area contributed by atoms with Crippen LogP contribution in [0.5, 0.6) is 0 Å². The van der Waals surface area contributed by atoms with Crippen molar-refractivity contribution in [2.45, 2.75) is 91.5 Å². The lowest BCUT2D eigenvalue weighted by atomic mass is 10.1. The maximum atomic E-state index is 12.4. The standard InChI is InChI=1S/C22H38N3O8P/c1-12(2)25(13(3)4)34(32-16(7)15(6)21(28)30-8)33-17-9-19(31-18(17)11-26)24-10-14(5)20(27)23-22(24)29/h10,12-13,15-19,26H,9,11H2,1-8H3,(H,23,27,29)/t15?,16?,17?,18-,19-,34?/m1/s1/i26D. The fourth-order valence-electron chi connectivity index (χ4n) is 3.77. The first kappa shape index (κ1) is 27.0. The summed E-state index contributed by atoms with van der Waals surface area (Å²) in [6.45, 7) is 13.1. The van der Waals surface area contributed by atoms with Crippen LogP contribution in [-0.4, -0.2) is 70.8 Å². The lowest BCUT2D eigenvalue weighted by molar-refractivity contribution is -0.147. The van der Waals surface area contributed by atoms with Gasteiger partial charge in [-0.3, -0.25) is 19.1 Å². The second kappa shape index (κ2) is 12.4. The first-order valence-corrected chi connectivity index (χ1v) is 12.6. The van der Waals surface area contributed by atoms with Gasteiger partial charge in [0.15, 0.2) is 0 Å². The van der Waals surface area contributed by atoms with E-state index in [4.69, 9.17) is 20.0 Å². The Bertz CT molecular complexity index is 947. The van der Waals surface area contributed by atoms with Crippen molar-refractivity contribution in [3.63, 3.8) is 0 Å². The van der Waals surface area contributed by atoms with Crippen molar-refractivity contribution in [1.29, 1.82) is 1.43 Å². The number of methoxy groups -OCH3 is 1. The van der Waals surface area contributed by atoms with E-state index in [-0.39, 0.29) is 31.1 Å². The molecule has 0 saturated carbocycles. The van der Waals surface area contributed by atoms with Gasteiger partial charge in [-0.05, 0) is 48.5 Å². The minimum absolute atomic E-state index is 0.0650. The maximum absolute atomic E-state index is 12.4. The van der Waals surface area contributed by atoms with Crippen LogP contribution >= 0.6 is 8.53 Å². The summed E-state index contributed by atoms with van der Waals surface area (Å²) in [6, 6.07) is 0.130. The summed E-state index contributed by atoms with van der Waals surface area (Å²) >= 11 is 0. The minimum Gasteiger partial charge on any atom is -0.469 e. The highest BCUT2D eigenvalue weighted by molar-refractivity contribution is 7.44. The Morgan fingerprint density at radius 2 is 1.97 bits per heavy atom. The van der Waals surface area contributed by atoms with Crippen LogP contribution in [0.3, 0.4) is 0 Å². The van der Waals surface area contributed by atoms with Crippen LogP contribution in [-0.2, 0) is 23.3 Å². The molecule has 34 heavy (non-hydrogen) atoms. The van der Waals surface area contributed by atoms with Crippen molar-refractivity contribution < 1.29 is 28.4 Å². The lowest BCUT2D eigenvalue weighted by Gasteiger charge is -2.39. The molecule has 4 unspecified atom stereocenters. The van der Waals surface area contributed by atoms with Gasteiger partial charge < -0.3 is 23.6 Å². The first-order valence-electron chi connectivity index (χ1n) is 11.9. The van der Waals surface area contributed by atoms with Crippen LogP contribution in [0, 0.1) is 12.8 Å². The monoisotopic (exact) mass is 504 g/mol. The average molecular weight is 505 g/mol. The van der Waals surface area contributed by atoms with Crippen LogP contribution in [0.1, 0.15) is 59.8 Å². The summed E-state index contributed by atoms with van der Waals surface area (Å²) in [4.78, 5) is 38.6. The topological polar surface area (TPSA) is 132 Å². The van der Waals surface area contributed by atoms with Crippen molar-refractivity contribution >= 4 is 14.5 Å². The van der Waals surface area contributed by atoms with Gasteiger partial charge in [-0.25, -0.2) is 9.46 Å². The molecule has 6 atom stereocenters. The van der Waals surface area contributed by atoms with Gasteiger partial charge in [-0.2, -0.15) is 0 Å². The Morgan fingerprint density at radius 3 is 2.53 bits per heavy atom. The third kappa shape index (κ3) is 6.74. The van der Waals surface area contributed by atoms with Gasteiger partial charge in [0.2, 0.25) is 1.43 Å². The molecule has 2 rings (SSSR count). The second-order valence-electron chi connectivity index (χ2n) is 9.08. The summed E-state index contributed by atoms with van der Waals surface area (Å²) in [5.41, 5.74) is -0.687. The molecule has 1 aromatic rings. The number of nitrogens with one attached hydrogen (secondary N) is 1. The molecular weight excluding hydrogens is 465 g/mol. The SMILES string of the molecule is [2H]OC[C@H]1O[C@@H](n2cc(C)c(=O)[nH]c2=O)CC1OP(OC(C)C(C)C(=O)OC)N(C(C)C)C(C)C. The Morgan fingerprint density at radius 1 is 1.32 bits per heavy atom. The Balaban J connectivity index is 2.34.